The molecule has 92 valence electrons. The Morgan fingerprint density at radius 1 is 1.59 bits per heavy atom. The number of amides is 1. The van der Waals surface area contributed by atoms with Gasteiger partial charge in [0.15, 0.2) is 0 Å². The maximum Gasteiger partial charge on any atom is 0.407 e. The average molecular weight is 256 g/mol. The minimum Gasteiger partial charge on any atom is -0.465 e. The van der Waals surface area contributed by atoms with Crippen LogP contribution in [0.15, 0.2) is 18.3 Å². The monoisotopic (exact) mass is 255 g/mol. The van der Waals surface area contributed by atoms with Crippen molar-refractivity contribution in [3.05, 3.63) is 23.4 Å². The molecule has 0 aromatic carbocycles. The Bertz CT molecular complexity index is 427. The summed E-state index contributed by atoms with van der Waals surface area (Å²) in [4.78, 5) is 18.6. The number of carbonyl (C=O) groups is 1. The maximum atomic E-state index is 10.9. The zero-order valence-electron chi connectivity index (χ0n) is 9.51. The van der Waals surface area contributed by atoms with E-state index in [1.807, 2.05) is 11.8 Å². The second kappa shape index (κ2) is 4.79. The fourth-order valence-electron chi connectivity index (χ4n) is 2.04. The quantitative estimate of drug-likeness (QED) is 0.833. The van der Waals surface area contributed by atoms with Crippen LogP contribution in [-0.4, -0.2) is 46.8 Å². The minimum absolute atomic E-state index is 0.0562. The number of halogens is 1. The van der Waals surface area contributed by atoms with Crippen molar-refractivity contribution in [2.75, 3.05) is 24.5 Å². The summed E-state index contributed by atoms with van der Waals surface area (Å²) in [5, 5.41) is 9.59. The first-order valence-electron chi connectivity index (χ1n) is 5.44. The molecule has 5 nitrogen and oxygen atoms in total. The van der Waals surface area contributed by atoms with Crippen LogP contribution in [-0.2, 0) is 0 Å². The number of aromatic nitrogens is 1. The first-order valence-corrected chi connectivity index (χ1v) is 5.82. The van der Waals surface area contributed by atoms with Gasteiger partial charge in [0.2, 0.25) is 0 Å². The summed E-state index contributed by atoms with van der Waals surface area (Å²) >= 11 is 6.07. The highest BCUT2D eigenvalue weighted by molar-refractivity contribution is 6.32. The predicted octanol–water partition coefficient (Wildman–Crippen LogP) is 1.92. The lowest BCUT2D eigenvalue weighted by atomic mass is 10.2. The molecule has 1 fully saturated rings. The molecule has 0 aliphatic carbocycles. The molecular formula is C11H14ClN3O2. The van der Waals surface area contributed by atoms with Gasteiger partial charge in [0.1, 0.15) is 5.82 Å². The summed E-state index contributed by atoms with van der Waals surface area (Å²) in [5.41, 5.74) is 0. The highest BCUT2D eigenvalue weighted by Gasteiger charge is 2.28. The molecule has 6 heteroatoms. The van der Waals surface area contributed by atoms with E-state index in [-0.39, 0.29) is 6.04 Å². The van der Waals surface area contributed by atoms with Gasteiger partial charge in [0, 0.05) is 31.9 Å². The SMILES string of the molecule is C[C@@H]1CN(c2ncccc2Cl)CCN1C(=O)O. The third kappa shape index (κ3) is 2.44. The number of hydrogen-bond acceptors (Lipinski definition) is 3. The van der Waals surface area contributed by atoms with Crippen molar-refractivity contribution in [1.29, 1.82) is 0 Å². The fraction of sp³-hybridized carbons (Fsp3) is 0.455. The number of nitrogens with zero attached hydrogens (tertiary/aromatic N) is 3. The number of hydrogen-bond donors (Lipinski definition) is 1. The van der Waals surface area contributed by atoms with Gasteiger partial charge in [-0.2, -0.15) is 0 Å². The normalized spacial score (nSPS) is 20.5. The van der Waals surface area contributed by atoms with Crippen LogP contribution in [0, 0.1) is 0 Å². The molecule has 0 unspecified atom stereocenters. The molecule has 1 saturated heterocycles. The van der Waals surface area contributed by atoms with Crippen molar-refractivity contribution in [1.82, 2.24) is 9.88 Å². The van der Waals surface area contributed by atoms with Crippen LogP contribution in [0.5, 0.6) is 0 Å². The number of anilines is 1. The van der Waals surface area contributed by atoms with Gasteiger partial charge in [0.05, 0.1) is 5.02 Å². The first-order chi connectivity index (χ1) is 8.09. The van der Waals surface area contributed by atoms with Gasteiger partial charge in [-0.1, -0.05) is 11.6 Å². The van der Waals surface area contributed by atoms with E-state index in [4.69, 9.17) is 16.7 Å². The van der Waals surface area contributed by atoms with Crippen LogP contribution < -0.4 is 4.90 Å². The van der Waals surface area contributed by atoms with E-state index in [0.29, 0.717) is 24.7 Å². The number of carboxylic acid groups (broad SMARTS) is 1. The Labute approximate surface area is 105 Å². The number of rotatable bonds is 1. The van der Waals surface area contributed by atoms with Crippen LogP contribution in [0.3, 0.4) is 0 Å². The van der Waals surface area contributed by atoms with Crippen molar-refractivity contribution < 1.29 is 9.90 Å². The van der Waals surface area contributed by atoms with Gasteiger partial charge >= 0.3 is 6.09 Å². The fourth-order valence-corrected chi connectivity index (χ4v) is 2.29. The average Bonchev–Trinajstić information content (AvgIpc) is 2.29. The smallest absolute Gasteiger partial charge is 0.407 e. The summed E-state index contributed by atoms with van der Waals surface area (Å²) in [5.74, 6) is 0.728. The summed E-state index contributed by atoms with van der Waals surface area (Å²) in [6.45, 7) is 3.59. The Hall–Kier alpha value is -1.49. The highest BCUT2D eigenvalue weighted by atomic mass is 35.5. The minimum atomic E-state index is -0.871. The maximum absolute atomic E-state index is 10.9. The first kappa shape index (κ1) is 12.0. The van der Waals surface area contributed by atoms with Gasteiger partial charge in [-0.05, 0) is 19.1 Å². The molecule has 2 heterocycles. The van der Waals surface area contributed by atoms with Gasteiger partial charge < -0.3 is 14.9 Å². The summed E-state index contributed by atoms with van der Waals surface area (Å²) in [6, 6.07) is 3.51. The largest absolute Gasteiger partial charge is 0.465 e. The second-order valence-corrected chi connectivity index (χ2v) is 4.49. The molecule has 0 radical (unpaired) electrons. The molecule has 0 spiro atoms. The van der Waals surface area contributed by atoms with Crippen LogP contribution >= 0.6 is 11.6 Å². The molecule has 1 aliphatic heterocycles. The van der Waals surface area contributed by atoms with Crippen LogP contribution in [0.2, 0.25) is 5.02 Å². The van der Waals surface area contributed by atoms with E-state index in [1.54, 1.807) is 18.3 Å². The lowest BCUT2D eigenvalue weighted by Gasteiger charge is -2.39. The van der Waals surface area contributed by atoms with Gasteiger partial charge in [-0.15, -0.1) is 0 Å². The van der Waals surface area contributed by atoms with E-state index in [2.05, 4.69) is 4.98 Å². The van der Waals surface area contributed by atoms with Gasteiger partial charge in [0.25, 0.3) is 0 Å². The standard InChI is InChI=1S/C11H14ClN3O2/c1-8-7-14(5-6-15(8)11(16)17)10-9(12)3-2-4-13-10/h2-4,8H,5-7H2,1H3,(H,16,17)/t8-/m1/s1. The van der Waals surface area contributed by atoms with Crippen molar-refractivity contribution in [2.24, 2.45) is 0 Å². The van der Waals surface area contributed by atoms with Crippen molar-refractivity contribution in [3.63, 3.8) is 0 Å². The van der Waals surface area contributed by atoms with Crippen LogP contribution in [0.25, 0.3) is 0 Å². The Morgan fingerprint density at radius 2 is 2.35 bits per heavy atom. The number of pyridine rings is 1. The molecule has 0 bridgehead atoms. The molecule has 17 heavy (non-hydrogen) atoms. The lowest BCUT2D eigenvalue weighted by molar-refractivity contribution is 0.122. The molecule has 1 atom stereocenters. The van der Waals surface area contributed by atoms with E-state index in [1.165, 1.54) is 4.90 Å². The van der Waals surface area contributed by atoms with Crippen molar-refractivity contribution in [2.45, 2.75) is 13.0 Å². The summed E-state index contributed by atoms with van der Waals surface area (Å²) in [7, 11) is 0. The predicted molar refractivity (Wildman–Crippen MR) is 65.7 cm³/mol. The summed E-state index contributed by atoms with van der Waals surface area (Å²) in [6.07, 6.45) is 0.819. The molecule has 1 aliphatic rings. The summed E-state index contributed by atoms with van der Waals surface area (Å²) < 4.78 is 0. The van der Waals surface area contributed by atoms with Gasteiger partial charge in [-0.3, -0.25) is 0 Å². The van der Waals surface area contributed by atoms with E-state index < -0.39 is 6.09 Å². The van der Waals surface area contributed by atoms with Gasteiger partial charge in [-0.25, -0.2) is 9.78 Å². The van der Waals surface area contributed by atoms with E-state index in [0.717, 1.165) is 5.82 Å². The van der Waals surface area contributed by atoms with Crippen LogP contribution in [0.4, 0.5) is 10.6 Å². The Balaban J connectivity index is 2.12. The topological polar surface area (TPSA) is 56.7 Å². The highest BCUT2D eigenvalue weighted by Crippen LogP contribution is 2.24. The molecule has 0 saturated carbocycles. The molecule has 1 aromatic heterocycles. The Morgan fingerprint density at radius 3 is 2.94 bits per heavy atom. The molecule has 1 N–H and O–H groups in total. The zero-order chi connectivity index (χ0) is 12.4. The third-order valence-corrected chi connectivity index (χ3v) is 3.21. The number of piperazine rings is 1. The third-order valence-electron chi connectivity index (χ3n) is 2.91. The Kier molecular flexibility index (Phi) is 3.38. The molecule has 2 rings (SSSR count). The molecule has 1 amide bonds. The van der Waals surface area contributed by atoms with Crippen molar-refractivity contribution >= 4 is 23.5 Å². The molecular weight excluding hydrogens is 242 g/mol. The zero-order valence-corrected chi connectivity index (χ0v) is 10.3. The van der Waals surface area contributed by atoms with Crippen LogP contribution in [0.1, 0.15) is 6.92 Å². The second-order valence-electron chi connectivity index (χ2n) is 4.08. The van der Waals surface area contributed by atoms with E-state index >= 15 is 0 Å². The van der Waals surface area contributed by atoms with Crippen molar-refractivity contribution in [3.8, 4) is 0 Å². The van der Waals surface area contributed by atoms with E-state index in [9.17, 15) is 4.79 Å². The lowest BCUT2D eigenvalue weighted by Crippen LogP contribution is -2.54. The molecule has 1 aromatic rings.